The predicted octanol–water partition coefficient (Wildman–Crippen LogP) is 3.51. The number of rotatable bonds is 3. The average Bonchev–Trinajstić information content (AvgIpc) is 2.79. The summed E-state index contributed by atoms with van der Waals surface area (Å²) in [6.07, 6.45) is 6.57. The molecule has 0 spiro atoms. The highest BCUT2D eigenvalue weighted by Gasteiger charge is 2.55. The van der Waals surface area contributed by atoms with E-state index in [9.17, 15) is 0 Å². The van der Waals surface area contributed by atoms with Gasteiger partial charge in [0.05, 0.1) is 0 Å². The van der Waals surface area contributed by atoms with E-state index in [0.717, 1.165) is 22.7 Å². The Morgan fingerprint density at radius 1 is 1.25 bits per heavy atom. The molecule has 1 aromatic carbocycles. The van der Waals surface area contributed by atoms with Crippen LogP contribution in [0.15, 0.2) is 28.7 Å². The van der Waals surface area contributed by atoms with Gasteiger partial charge >= 0.3 is 0 Å². The van der Waals surface area contributed by atoms with Crippen molar-refractivity contribution in [3.63, 3.8) is 0 Å². The van der Waals surface area contributed by atoms with Crippen LogP contribution in [0.2, 0.25) is 0 Å². The third-order valence-electron chi connectivity index (χ3n) is 4.34. The molecule has 16 heavy (non-hydrogen) atoms. The van der Waals surface area contributed by atoms with Gasteiger partial charge in [-0.05, 0) is 42.4 Å². The molecule has 0 saturated heterocycles. The van der Waals surface area contributed by atoms with Crippen LogP contribution in [0, 0.1) is 11.8 Å². The molecular formula is C14H18BrN. The number of halogens is 1. The van der Waals surface area contributed by atoms with Crippen molar-refractivity contribution in [3.05, 3.63) is 34.3 Å². The normalized spacial score (nSPS) is 33.5. The second-order valence-electron chi connectivity index (χ2n) is 5.54. The van der Waals surface area contributed by atoms with Gasteiger partial charge in [0.15, 0.2) is 0 Å². The Labute approximate surface area is 106 Å². The van der Waals surface area contributed by atoms with Gasteiger partial charge in [0.25, 0.3) is 0 Å². The minimum absolute atomic E-state index is 0.124. The van der Waals surface area contributed by atoms with Crippen LogP contribution in [0.3, 0.4) is 0 Å². The van der Waals surface area contributed by atoms with E-state index in [1.165, 1.54) is 31.2 Å². The summed E-state index contributed by atoms with van der Waals surface area (Å²) in [7, 11) is 0. The van der Waals surface area contributed by atoms with Gasteiger partial charge < -0.3 is 5.73 Å². The lowest BCUT2D eigenvalue weighted by molar-refractivity contribution is 0.257. The molecule has 0 aromatic heterocycles. The Bertz CT molecular complexity index is 382. The van der Waals surface area contributed by atoms with Crippen molar-refractivity contribution >= 4 is 15.9 Å². The zero-order chi connectivity index (χ0) is 11.2. The minimum atomic E-state index is 0.124. The molecule has 2 saturated carbocycles. The Morgan fingerprint density at radius 3 is 2.50 bits per heavy atom. The van der Waals surface area contributed by atoms with E-state index in [1.54, 1.807) is 0 Å². The molecule has 3 rings (SSSR count). The van der Waals surface area contributed by atoms with Crippen molar-refractivity contribution in [1.29, 1.82) is 0 Å². The van der Waals surface area contributed by atoms with Crippen molar-refractivity contribution < 1.29 is 0 Å². The van der Waals surface area contributed by atoms with E-state index in [1.807, 2.05) is 0 Å². The molecule has 0 heterocycles. The largest absolute Gasteiger partial charge is 0.325 e. The molecule has 0 radical (unpaired) electrons. The van der Waals surface area contributed by atoms with Crippen molar-refractivity contribution in [2.75, 3.05) is 0 Å². The highest BCUT2D eigenvalue weighted by Crippen LogP contribution is 2.54. The topological polar surface area (TPSA) is 26.0 Å². The Morgan fingerprint density at radius 2 is 1.94 bits per heavy atom. The fraction of sp³-hybridized carbons (Fsp3) is 0.571. The first-order valence-electron chi connectivity index (χ1n) is 6.21. The van der Waals surface area contributed by atoms with Crippen LogP contribution in [0.1, 0.15) is 31.2 Å². The van der Waals surface area contributed by atoms with Crippen LogP contribution < -0.4 is 5.73 Å². The Kier molecular flexibility index (Phi) is 2.60. The summed E-state index contributed by atoms with van der Waals surface area (Å²) in [4.78, 5) is 0. The van der Waals surface area contributed by atoms with E-state index in [4.69, 9.17) is 5.73 Å². The lowest BCUT2D eigenvalue weighted by Gasteiger charge is -2.27. The molecule has 0 bridgehead atoms. The molecule has 0 amide bonds. The van der Waals surface area contributed by atoms with Gasteiger partial charge in [0.1, 0.15) is 0 Å². The molecule has 2 unspecified atom stereocenters. The second-order valence-corrected chi connectivity index (χ2v) is 6.45. The van der Waals surface area contributed by atoms with E-state index in [-0.39, 0.29) is 5.54 Å². The predicted molar refractivity (Wildman–Crippen MR) is 70.2 cm³/mol. The summed E-state index contributed by atoms with van der Waals surface area (Å²) in [5.41, 5.74) is 7.97. The van der Waals surface area contributed by atoms with Crippen LogP contribution in [0.25, 0.3) is 0 Å². The van der Waals surface area contributed by atoms with Crippen molar-refractivity contribution in [2.24, 2.45) is 17.6 Å². The van der Waals surface area contributed by atoms with Crippen molar-refractivity contribution in [3.8, 4) is 0 Å². The van der Waals surface area contributed by atoms with E-state index in [2.05, 4.69) is 40.2 Å². The van der Waals surface area contributed by atoms with Crippen LogP contribution in [0.4, 0.5) is 0 Å². The summed E-state index contributed by atoms with van der Waals surface area (Å²) in [5, 5.41) is 0. The van der Waals surface area contributed by atoms with Crippen molar-refractivity contribution in [2.45, 2.75) is 37.6 Å². The lowest BCUT2D eigenvalue weighted by Crippen LogP contribution is -2.32. The van der Waals surface area contributed by atoms with E-state index >= 15 is 0 Å². The SMILES string of the molecule is NC1(Cc2ccc(Br)cc2)CC1C1CCC1. The molecule has 2 atom stereocenters. The molecule has 0 aliphatic heterocycles. The van der Waals surface area contributed by atoms with Gasteiger partial charge in [-0.25, -0.2) is 0 Å². The first-order valence-corrected chi connectivity index (χ1v) is 7.00. The molecule has 1 aromatic rings. The maximum absolute atomic E-state index is 6.46. The zero-order valence-electron chi connectivity index (χ0n) is 9.45. The minimum Gasteiger partial charge on any atom is -0.325 e. The third-order valence-corrected chi connectivity index (χ3v) is 4.87. The molecule has 2 aliphatic rings. The van der Waals surface area contributed by atoms with E-state index in [0.29, 0.717) is 0 Å². The molecule has 2 fully saturated rings. The molecule has 86 valence electrons. The van der Waals surface area contributed by atoms with E-state index < -0.39 is 0 Å². The number of nitrogens with two attached hydrogens (primary N) is 1. The standard InChI is InChI=1S/C14H18BrN/c15-12-6-4-10(5-7-12)8-14(16)9-13(14)11-2-1-3-11/h4-7,11,13H,1-3,8-9,16H2. The van der Waals surface area contributed by atoms with Gasteiger partial charge in [0, 0.05) is 10.0 Å². The zero-order valence-corrected chi connectivity index (χ0v) is 11.0. The summed E-state index contributed by atoms with van der Waals surface area (Å²) >= 11 is 3.46. The summed E-state index contributed by atoms with van der Waals surface area (Å²) in [6.45, 7) is 0. The number of hydrogen-bond acceptors (Lipinski definition) is 1. The summed E-state index contributed by atoms with van der Waals surface area (Å²) < 4.78 is 1.15. The molecular weight excluding hydrogens is 262 g/mol. The molecule has 1 nitrogen and oxygen atoms in total. The number of benzene rings is 1. The van der Waals surface area contributed by atoms with Crippen molar-refractivity contribution in [1.82, 2.24) is 0 Å². The van der Waals surface area contributed by atoms with Crippen LogP contribution >= 0.6 is 15.9 Å². The molecule has 2 heteroatoms. The fourth-order valence-corrected chi connectivity index (χ4v) is 3.28. The van der Waals surface area contributed by atoms with Crippen LogP contribution in [-0.4, -0.2) is 5.54 Å². The molecule has 2 aliphatic carbocycles. The highest BCUT2D eigenvalue weighted by atomic mass is 79.9. The summed E-state index contributed by atoms with van der Waals surface area (Å²) in [5.74, 6) is 1.75. The van der Waals surface area contributed by atoms with Gasteiger partial charge in [-0.1, -0.05) is 47.3 Å². The average molecular weight is 280 g/mol. The lowest BCUT2D eigenvalue weighted by atomic mass is 9.79. The van der Waals surface area contributed by atoms with Gasteiger partial charge in [-0.15, -0.1) is 0 Å². The quantitative estimate of drug-likeness (QED) is 0.901. The first kappa shape index (κ1) is 10.8. The Hall–Kier alpha value is -0.340. The second kappa shape index (κ2) is 3.85. The fourth-order valence-electron chi connectivity index (χ4n) is 3.01. The summed E-state index contributed by atoms with van der Waals surface area (Å²) in [6, 6.07) is 8.60. The van der Waals surface area contributed by atoms with Gasteiger partial charge in [-0.2, -0.15) is 0 Å². The monoisotopic (exact) mass is 279 g/mol. The van der Waals surface area contributed by atoms with Crippen LogP contribution in [0.5, 0.6) is 0 Å². The maximum atomic E-state index is 6.46. The molecule has 2 N–H and O–H groups in total. The van der Waals surface area contributed by atoms with Gasteiger partial charge in [0.2, 0.25) is 0 Å². The highest BCUT2D eigenvalue weighted by molar-refractivity contribution is 9.10. The third kappa shape index (κ3) is 1.93. The maximum Gasteiger partial charge on any atom is 0.0230 e. The Balaban J connectivity index is 1.64. The van der Waals surface area contributed by atoms with Crippen LogP contribution in [-0.2, 0) is 6.42 Å². The smallest absolute Gasteiger partial charge is 0.0230 e. The number of hydrogen-bond donors (Lipinski definition) is 1. The first-order chi connectivity index (χ1) is 7.67. The van der Waals surface area contributed by atoms with Gasteiger partial charge in [-0.3, -0.25) is 0 Å².